The number of hydrogen-bond acceptors (Lipinski definition) is 5. The van der Waals surface area contributed by atoms with E-state index >= 15 is 0 Å². The summed E-state index contributed by atoms with van der Waals surface area (Å²) in [4.78, 5) is 30.5. The van der Waals surface area contributed by atoms with E-state index in [1.54, 1.807) is 12.3 Å². The highest BCUT2D eigenvalue weighted by Crippen LogP contribution is 2.24. The number of fused-ring (bicyclic) bond motifs is 1. The van der Waals surface area contributed by atoms with Crippen LogP contribution in [-0.2, 0) is 11.3 Å². The first-order valence-electron chi connectivity index (χ1n) is 7.11. The molecule has 2 N–H and O–H groups in total. The molecule has 1 fully saturated rings. The van der Waals surface area contributed by atoms with Gasteiger partial charge in [0.05, 0.1) is 12.2 Å². The van der Waals surface area contributed by atoms with Crippen LogP contribution in [0.5, 0.6) is 0 Å². The molecule has 7 heteroatoms. The number of primary amides is 1. The highest BCUT2D eigenvalue weighted by Gasteiger charge is 2.24. The molecule has 1 saturated carbocycles. The van der Waals surface area contributed by atoms with Gasteiger partial charge in [0.2, 0.25) is 5.91 Å². The summed E-state index contributed by atoms with van der Waals surface area (Å²) >= 11 is 1.43. The standard InChI is InChI=1S/C14H18N4O2S/c15-12(19)9-17(11-3-1-2-4-11)8-10-7-13(20)18-5-6-21-14(18)16-10/h5-7,11H,1-4,8-9H2,(H2,15,19). The molecule has 0 saturated heterocycles. The molecule has 1 aliphatic carbocycles. The van der Waals surface area contributed by atoms with Crippen LogP contribution in [0, 0.1) is 0 Å². The van der Waals surface area contributed by atoms with Crippen molar-refractivity contribution in [3.63, 3.8) is 0 Å². The summed E-state index contributed by atoms with van der Waals surface area (Å²) in [5, 5.41) is 1.84. The number of rotatable bonds is 5. The Balaban J connectivity index is 1.85. The Morgan fingerprint density at radius 3 is 2.95 bits per heavy atom. The summed E-state index contributed by atoms with van der Waals surface area (Å²) in [5.74, 6) is -0.337. The zero-order valence-electron chi connectivity index (χ0n) is 11.7. The van der Waals surface area contributed by atoms with Crippen LogP contribution in [0.2, 0.25) is 0 Å². The Morgan fingerprint density at radius 1 is 1.48 bits per heavy atom. The molecule has 1 aliphatic rings. The number of aromatic nitrogens is 2. The van der Waals surface area contributed by atoms with Crippen LogP contribution in [0.3, 0.4) is 0 Å². The molecule has 0 unspecified atom stereocenters. The third-order valence-electron chi connectivity index (χ3n) is 3.92. The SMILES string of the molecule is NC(=O)CN(Cc1cc(=O)n2ccsc2n1)C1CCCC1. The van der Waals surface area contributed by atoms with Crippen LogP contribution in [-0.4, -0.2) is 32.8 Å². The minimum Gasteiger partial charge on any atom is -0.369 e. The van der Waals surface area contributed by atoms with Crippen molar-refractivity contribution in [3.8, 4) is 0 Å². The normalized spacial score (nSPS) is 16.0. The zero-order valence-corrected chi connectivity index (χ0v) is 12.5. The fraction of sp³-hybridized carbons (Fsp3) is 0.500. The summed E-state index contributed by atoms with van der Waals surface area (Å²) in [6, 6.07) is 1.91. The van der Waals surface area contributed by atoms with Crippen molar-refractivity contribution in [2.75, 3.05) is 6.54 Å². The highest BCUT2D eigenvalue weighted by molar-refractivity contribution is 7.15. The lowest BCUT2D eigenvalue weighted by molar-refractivity contribution is -0.119. The van der Waals surface area contributed by atoms with Gasteiger partial charge in [0, 0.05) is 30.2 Å². The van der Waals surface area contributed by atoms with E-state index in [9.17, 15) is 9.59 Å². The quantitative estimate of drug-likeness (QED) is 0.893. The van der Waals surface area contributed by atoms with E-state index in [1.807, 2.05) is 5.38 Å². The van der Waals surface area contributed by atoms with Crippen LogP contribution in [0.1, 0.15) is 31.4 Å². The lowest BCUT2D eigenvalue weighted by Crippen LogP contribution is -2.40. The maximum absolute atomic E-state index is 12.0. The predicted octanol–water partition coefficient (Wildman–Crippen LogP) is 0.986. The maximum atomic E-state index is 12.0. The second-order valence-corrected chi connectivity index (χ2v) is 6.32. The van der Waals surface area contributed by atoms with E-state index in [2.05, 4.69) is 9.88 Å². The van der Waals surface area contributed by atoms with Gasteiger partial charge in [-0.2, -0.15) is 0 Å². The van der Waals surface area contributed by atoms with E-state index in [0.717, 1.165) is 12.8 Å². The lowest BCUT2D eigenvalue weighted by Gasteiger charge is -2.26. The second kappa shape index (κ2) is 5.95. The van der Waals surface area contributed by atoms with Crippen LogP contribution >= 0.6 is 11.3 Å². The first-order valence-corrected chi connectivity index (χ1v) is 7.99. The molecular formula is C14H18N4O2S. The summed E-state index contributed by atoms with van der Waals surface area (Å²) in [5.41, 5.74) is 5.98. The zero-order chi connectivity index (χ0) is 14.8. The van der Waals surface area contributed by atoms with Gasteiger partial charge in [0.15, 0.2) is 4.96 Å². The van der Waals surface area contributed by atoms with Crippen LogP contribution in [0.15, 0.2) is 22.4 Å². The smallest absolute Gasteiger partial charge is 0.258 e. The average molecular weight is 306 g/mol. The van der Waals surface area contributed by atoms with Crippen LogP contribution in [0.25, 0.3) is 4.96 Å². The van der Waals surface area contributed by atoms with Crippen molar-refractivity contribution >= 4 is 22.2 Å². The Labute approximate surface area is 126 Å². The van der Waals surface area contributed by atoms with Gasteiger partial charge in [-0.05, 0) is 12.8 Å². The molecule has 0 spiro atoms. The monoisotopic (exact) mass is 306 g/mol. The molecule has 2 aromatic heterocycles. The van der Waals surface area contributed by atoms with Crippen molar-refractivity contribution in [1.29, 1.82) is 0 Å². The average Bonchev–Trinajstić information content (AvgIpc) is 3.08. The van der Waals surface area contributed by atoms with Gasteiger partial charge in [0.1, 0.15) is 0 Å². The molecule has 21 heavy (non-hydrogen) atoms. The minimum absolute atomic E-state index is 0.0818. The number of carbonyl (C=O) groups excluding carboxylic acids is 1. The largest absolute Gasteiger partial charge is 0.369 e. The molecule has 0 atom stereocenters. The highest BCUT2D eigenvalue weighted by atomic mass is 32.1. The molecule has 6 nitrogen and oxygen atoms in total. The Morgan fingerprint density at radius 2 is 2.24 bits per heavy atom. The summed E-state index contributed by atoms with van der Waals surface area (Å²) < 4.78 is 1.53. The van der Waals surface area contributed by atoms with Crippen molar-refractivity contribution < 1.29 is 4.79 Å². The van der Waals surface area contributed by atoms with Gasteiger partial charge < -0.3 is 5.73 Å². The molecular weight excluding hydrogens is 288 g/mol. The molecule has 2 aromatic rings. The van der Waals surface area contributed by atoms with Gasteiger partial charge in [-0.25, -0.2) is 4.98 Å². The van der Waals surface area contributed by atoms with Gasteiger partial charge in [0.25, 0.3) is 5.56 Å². The Bertz CT molecular complexity index is 702. The van der Waals surface area contributed by atoms with Crippen molar-refractivity contribution in [2.45, 2.75) is 38.3 Å². The summed E-state index contributed by atoms with van der Waals surface area (Å²) in [6.07, 6.45) is 6.23. The molecule has 112 valence electrons. The van der Waals surface area contributed by atoms with Gasteiger partial charge in [-0.1, -0.05) is 12.8 Å². The molecule has 1 amide bonds. The fourth-order valence-corrected chi connectivity index (χ4v) is 3.70. The molecule has 0 radical (unpaired) electrons. The van der Waals surface area contributed by atoms with Crippen LogP contribution < -0.4 is 11.3 Å². The number of nitrogens with zero attached hydrogens (tertiary/aromatic N) is 3. The number of carbonyl (C=O) groups is 1. The second-order valence-electron chi connectivity index (χ2n) is 5.45. The van der Waals surface area contributed by atoms with Gasteiger partial charge in [-0.3, -0.25) is 18.9 Å². The number of nitrogens with two attached hydrogens (primary N) is 1. The van der Waals surface area contributed by atoms with Crippen molar-refractivity contribution in [2.24, 2.45) is 5.73 Å². The van der Waals surface area contributed by atoms with Gasteiger partial charge in [-0.15, -0.1) is 11.3 Å². The first-order chi connectivity index (χ1) is 10.1. The minimum atomic E-state index is -0.337. The predicted molar refractivity (Wildman–Crippen MR) is 81.2 cm³/mol. The third kappa shape index (κ3) is 3.14. The molecule has 0 bridgehead atoms. The number of amides is 1. The lowest BCUT2D eigenvalue weighted by atomic mass is 10.2. The Kier molecular flexibility index (Phi) is 4.03. The van der Waals surface area contributed by atoms with Crippen molar-refractivity contribution in [3.05, 3.63) is 33.7 Å². The van der Waals surface area contributed by atoms with Crippen molar-refractivity contribution in [1.82, 2.24) is 14.3 Å². The van der Waals surface area contributed by atoms with E-state index in [0.29, 0.717) is 23.2 Å². The van der Waals surface area contributed by atoms with Crippen LogP contribution in [0.4, 0.5) is 0 Å². The Hall–Kier alpha value is -1.73. The molecule has 0 aliphatic heterocycles. The first kappa shape index (κ1) is 14.2. The topological polar surface area (TPSA) is 80.7 Å². The van der Waals surface area contributed by atoms with E-state index in [1.165, 1.54) is 28.6 Å². The summed E-state index contributed by atoms with van der Waals surface area (Å²) in [7, 11) is 0. The van der Waals surface area contributed by atoms with E-state index < -0.39 is 0 Å². The van der Waals surface area contributed by atoms with E-state index in [4.69, 9.17) is 5.73 Å². The number of hydrogen-bond donors (Lipinski definition) is 1. The molecule has 3 rings (SSSR count). The fourth-order valence-electron chi connectivity index (χ4n) is 2.96. The third-order valence-corrected chi connectivity index (χ3v) is 4.68. The van der Waals surface area contributed by atoms with E-state index in [-0.39, 0.29) is 18.0 Å². The number of thiazole rings is 1. The molecule has 2 heterocycles. The van der Waals surface area contributed by atoms with Gasteiger partial charge >= 0.3 is 0 Å². The summed E-state index contributed by atoms with van der Waals surface area (Å²) in [6.45, 7) is 0.716. The maximum Gasteiger partial charge on any atom is 0.258 e. The molecule has 0 aromatic carbocycles.